The quantitative estimate of drug-likeness (QED) is 0.313. The highest BCUT2D eigenvalue weighted by atomic mass is 127. The summed E-state index contributed by atoms with van der Waals surface area (Å²) in [5.41, 5.74) is 4.29. The van der Waals surface area contributed by atoms with E-state index < -0.39 is 12.1 Å². The SMILES string of the molecule is CCn1nccc1-c1ccc(CNC(=O)C2CC(O)CN2C(=O)C(I)C(C)C)c(N2CCNCC2)c1. The van der Waals surface area contributed by atoms with Gasteiger partial charge < -0.3 is 25.5 Å². The lowest BCUT2D eigenvalue weighted by atomic mass is 10.0. The number of aliphatic hydroxyl groups excluding tert-OH is 1. The predicted octanol–water partition coefficient (Wildman–Crippen LogP) is 2.02. The number of likely N-dealkylation sites (tertiary alicyclic amines) is 1. The number of aliphatic hydroxyl groups is 1. The molecule has 2 aliphatic rings. The number of aryl methyl sites for hydroxylation is 1. The van der Waals surface area contributed by atoms with E-state index in [-0.39, 0.29) is 34.6 Å². The molecule has 3 atom stereocenters. The molecule has 2 fully saturated rings. The highest BCUT2D eigenvalue weighted by Crippen LogP contribution is 2.29. The second-order valence-electron chi connectivity index (χ2n) is 9.87. The first-order valence-electron chi connectivity index (χ1n) is 12.8. The highest BCUT2D eigenvalue weighted by Gasteiger charge is 2.41. The summed E-state index contributed by atoms with van der Waals surface area (Å²) in [7, 11) is 0. The number of aromatic nitrogens is 2. The number of hydrogen-bond donors (Lipinski definition) is 3. The van der Waals surface area contributed by atoms with E-state index in [1.54, 1.807) is 4.90 Å². The number of amides is 2. The Balaban J connectivity index is 1.53. The zero-order valence-electron chi connectivity index (χ0n) is 21.3. The van der Waals surface area contributed by atoms with Crippen molar-refractivity contribution < 1.29 is 14.7 Å². The number of nitrogens with zero attached hydrogens (tertiary/aromatic N) is 4. The summed E-state index contributed by atoms with van der Waals surface area (Å²) < 4.78 is 1.75. The van der Waals surface area contributed by atoms with Crippen LogP contribution in [0.3, 0.4) is 0 Å². The number of halogens is 1. The number of carbonyl (C=O) groups is 2. The van der Waals surface area contributed by atoms with Gasteiger partial charge in [-0.1, -0.05) is 48.6 Å². The van der Waals surface area contributed by atoms with Gasteiger partial charge >= 0.3 is 0 Å². The highest BCUT2D eigenvalue weighted by molar-refractivity contribution is 14.1. The third-order valence-corrected chi connectivity index (χ3v) is 8.96. The summed E-state index contributed by atoms with van der Waals surface area (Å²) in [6.07, 6.45) is 1.41. The van der Waals surface area contributed by atoms with Crippen LogP contribution in [-0.4, -0.2) is 80.4 Å². The van der Waals surface area contributed by atoms with E-state index in [0.717, 1.165) is 55.2 Å². The molecule has 1 aromatic carbocycles. The predicted molar refractivity (Wildman–Crippen MR) is 149 cm³/mol. The average Bonchev–Trinajstić information content (AvgIpc) is 3.53. The molecule has 36 heavy (non-hydrogen) atoms. The Morgan fingerprint density at radius 1 is 1.25 bits per heavy atom. The topological polar surface area (TPSA) is 103 Å². The van der Waals surface area contributed by atoms with E-state index in [4.69, 9.17) is 0 Å². The molecule has 3 heterocycles. The van der Waals surface area contributed by atoms with Crippen LogP contribution in [0.4, 0.5) is 5.69 Å². The van der Waals surface area contributed by atoms with Crippen LogP contribution in [0.1, 0.15) is 32.8 Å². The molecule has 196 valence electrons. The van der Waals surface area contributed by atoms with Crippen LogP contribution in [0.25, 0.3) is 11.3 Å². The zero-order chi connectivity index (χ0) is 25.8. The van der Waals surface area contributed by atoms with E-state index in [1.807, 2.05) is 30.8 Å². The number of β-amino-alcohol motifs (C(OH)–C–C–N with tert-alkyl or cyclic N) is 1. The number of alkyl halides is 1. The van der Waals surface area contributed by atoms with Crippen LogP contribution in [-0.2, 0) is 22.7 Å². The fourth-order valence-corrected chi connectivity index (χ4v) is 5.31. The fraction of sp³-hybridized carbons (Fsp3) is 0.577. The number of benzene rings is 1. The summed E-state index contributed by atoms with van der Waals surface area (Å²) in [6.45, 7) is 11.0. The first kappa shape index (κ1) is 26.9. The first-order chi connectivity index (χ1) is 17.3. The Bertz CT molecular complexity index is 1070. The Hall–Kier alpha value is -2.18. The van der Waals surface area contributed by atoms with Crippen LogP contribution in [0, 0.1) is 5.92 Å². The van der Waals surface area contributed by atoms with Crippen molar-refractivity contribution in [3.05, 3.63) is 36.0 Å². The molecule has 2 saturated heterocycles. The van der Waals surface area contributed by atoms with Crippen LogP contribution >= 0.6 is 22.6 Å². The molecule has 2 amide bonds. The molecule has 4 rings (SSSR count). The molecular formula is C26H37IN6O3. The molecule has 0 radical (unpaired) electrons. The molecule has 3 unspecified atom stereocenters. The monoisotopic (exact) mass is 608 g/mol. The summed E-state index contributed by atoms with van der Waals surface area (Å²) in [6, 6.07) is 7.72. The van der Waals surface area contributed by atoms with Crippen molar-refractivity contribution in [2.45, 2.75) is 56.4 Å². The summed E-state index contributed by atoms with van der Waals surface area (Å²) in [4.78, 5) is 30.1. The molecule has 1 aromatic heterocycles. The van der Waals surface area contributed by atoms with E-state index in [1.165, 1.54) is 0 Å². The molecule has 0 saturated carbocycles. The molecule has 0 aliphatic carbocycles. The maximum atomic E-state index is 13.2. The van der Waals surface area contributed by atoms with Gasteiger partial charge in [0, 0.05) is 69.7 Å². The van der Waals surface area contributed by atoms with Crippen molar-refractivity contribution in [3.8, 4) is 11.3 Å². The first-order valence-corrected chi connectivity index (χ1v) is 14.1. The van der Waals surface area contributed by atoms with Crippen molar-refractivity contribution in [2.75, 3.05) is 37.6 Å². The van der Waals surface area contributed by atoms with Crippen molar-refractivity contribution in [3.63, 3.8) is 0 Å². The van der Waals surface area contributed by atoms with Crippen molar-refractivity contribution >= 4 is 40.1 Å². The summed E-state index contributed by atoms with van der Waals surface area (Å²) in [5.74, 6) is -0.143. The Kier molecular flexibility index (Phi) is 8.89. The number of nitrogens with one attached hydrogen (secondary N) is 2. The lowest BCUT2D eigenvalue weighted by molar-refractivity contribution is -0.138. The van der Waals surface area contributed by atoms with Gasteiger partial charge in [-0.2, -0.15) is 5.10 Å². The normalized spacial score (nSPS) is 21.2. The molecule has 0 bridgehead atoms. The Labute approximate surface area is 226 Å². The number of piperazine rings is 1. The van der Waals surface area contributed by atoms with Gasteiger partial charge in [-0.05, 0) is 30.5 Å². The van der Waals surface area contributed by atoms with Crippen molar-refractivity contribution in [1.29, 1.82) is 0 Å². The van der Waals surface area contributed by atoms with E-state index >= 15 is 0 Å². The molecule has 10 heteroatoms. The maximum absolute atomic E-state index is 13.2. The van der Waals surface area contributed by atoms with Crippen molar-refractivity contribution in [2.24, 2.45) is 5.92 Å². The number of carbonyl (C=O) groups excluding carboxylic acids is 2. The van der Waals surface area contributed by atoms with Gasteiger partial charge in [0.2, 0.25) is 11.8 Å². The molecule has 0 spiro atoms. The van der Waals surface area contributed by atoms with Gasteiger partial charge in [0.05, 0.1) is 15.7 Å². The fourth-order valence-electron chi connectivity index (χ4n) is 4.95. The van der Waals surface area contributed by atoms with Gasteiger partial charge in [0.25, 0.3) is 0 Å². The second-order valence-corrected chi connectivity index (χ2v) is 11.2. The lowest BCUT2D eigenvalue weighted by Gasteiger charge is -2.32. The number of hydrogen-bond acceptors (Lipinski definition) is 6. The maximum Gasteiger partial charge on any atom is 0.243 e. The average molecular weight is 609 g/mol. The lowest BCUT2D eigenvalue weighted by Crippen LogP contribution is -2.49. The van der Waals surface area contributed by atoms with Crippen molar-refractivity contribution in [1.82, 2.24) is 25.3 Å². The molecule has 2 aliphatic heterocycles. The van der Waals surface area contributed by atoms with Gasteiger partial charge in [0.1, 0.15) is 6.04 Å². The van der Waals surface area contributed by atoms with Crippen LogP contribution in [0.15, 0.2) is 30.5 Å². The minimum absolute atomic E-state index is 0.0827. The van der Waals surface area contributed by atoms with E-state index in [0.29, 0.717) is 6.54 Å². The number of anilines is 1. The summed E-state index contributed by atoms with van der Waals surface area (Å²) in [5, 5.41) is 21.1. The third-order valence-electron chi connectivity index (χ3n) is 6.99. The van der Waals surface area contributed by atoms with Crippen LogP contribution < -0.4 is 15.5 Å². The van der Waals surface area contributed by atoms with Gasteiger partial charge in [-0.15, -0.1) is 0 Å². The molecule has 9 nitrogen and oxygen atoms in total. The summed E-state index contributed by atoms with van der Waals surface area (Å²) >= 11 is 2.14. The van der Waals surface area contributed by atoms with Gasteiger partial charge in [0.15, 0.2) is 0 Å². The largest absolute Gasteiger partial charge is 0.391 e. The van der Waals surface area contributed by atoms with Gasteiger partial charge in [-0.3, -0.25) is 14.3 Å². The Morgan fingerprint density at radius 2 is 2.00 bits per heavy atom. The smallest absolute Gasteiger partial charge is 0.243 e. The van der Waals surface area contributed by atoms with Crippen LogP contribution in [0.2, 0.25) is 0 Å². The molecular weight excluding hydrogens is 571 g/mol. The second kappa shape index (κ2) is 11.9. The van der Waals surface area contributed by atoms with E-state index in [2.05, 4.69) is 68.3 Å². The van der Waals surface area contributed by atoms with Crippen LogP contribution in [0.5, 0.6) is 0 Å². The molecule has 2 aromatic rings. The van der Waals surface area contributed by atoms with E-state index in [9.17, 15) is 14.7 Å². The minimum Gasteiger partial charge on any atom is -0.391 e. The minimum atomic E-state index is -0.681. The standard InChI is InChI=1S/C26H37IN6O3/c1-4-33-21(7-8-30-33)18-5-6-19(22(13-18)31-11-9-28-10-12-31)15-29-25(35)23-14-20(34)16-32(23)26(36)24(27)17(2)3/h5-8,13,17,20,23-24,28,34H,4,9-12,14-16H2,1-3H3,(H,29,35). The third kappa shape index (κ3) is 5.86. The Morgan fingerprint density at radius 3 is 2.69 bits per heavy atom. The molecule has 3 N–H and O–H groups in total. The number of rotatable bonds is 8. The zero-order valence-corrected chi connectivity index (χ0v) is 23.4. The van der Waals surface area contributed by atoms with Gasteiger partial charge in [-0.25, -0.2) is 0 Å².